The fourth-order valence-electron chi connectivity index (χ4n) is 4.28. The van der Waals surface area contributed by atoms with Crippen LogP contribution >= 0.6 is 23.2 Å². The van der Waals surface area contributed by atoms with E-state index in [9.17, 15) is 4.79 Å². The van der Waals surface area contributed by atoms with Gasteiger partial charge in [0, 0.05) is 29.8 Å². The van der Waals surface area contributed by atoms with Crippen molar-refractivity contribution in [2.45, 2.75) is 24.9 Å². The van der Waals surface area contributed by atoms with Gasteiger partial charge in [-0.15, -0.1) is 0 Å². The summed E-state index contributed by atoms with van der Waals surface area (Å²) in [6.07, 6.45) is 5.30. The van der Waals surface area contributed by atoms with E-state index in [0.717, 1.165) is 11.9 Å². The van der Waals surface area contributed by atoms with Gasteiger partial charge in [0.2, 0.25) is 11.9 Å². The Kier molecular flexibility index (Phi) is 7.73. The number of carbonyl (C=O) groups excluding carboxylic acids is 1. The molecule has 1 saturated carbocycles. The van der Waals surface area contributed by atoms with Crippen LogP contribution < -0.4 is 25.4 Å². The van der Waals surface area contributed by atoms with Crippen molar-refractivity contribution in [3.8, 4) is 22.8 Å². The molecule has 10 nitrogen and oxygen atoms in total. The van der Waals surface area contributed by atoms with Crippen LogP contribution in [-0.4, -0.2) is 66.9 Å². The fourth-order valence-corrected chi connectivity index (χ4v) is 4.97. The van der Waals surface area contributed by atoms with Gasteiger partial charge in [-0.25, -0.2) is 15.0 Å². The van der Waals surface area contributed by atoms with Crippen LogP contribution in [0.5, 0.6) is 11.5 Å². The molecule has 2 fully saturated rings. The molecule has 200 valence electrons. The summed E-state index contributed by atoms with van der Waals surface area (Å²) in [4.78, 5) is 26.0. The topological polar surface area (TPSA) is 120 Å². The number of hydrogen-bond acceptors (Lipinski definition) is 9. The summed E-state index contributed by atoms with van der Waals surface area (Å²) in [5.74, 6) is 2.16. The highest BCUT2D eigenvalue weighted by atomic mass is 35.5. The number of ether oxygens (including phenoxy) is 3. The molecule has 1 saturated heterocycles. The number of nitrogens with one attached hydrogen (secondary N) is 3. The van der Waals surface area contributed by atoms with E-state index < -0.39 is 0 Å². The lowest BCUT2D eigenvalue weighted by molar-refractivity contribution is -0.117. The maximum atomic E-state index is 11.8. The first-order valence-corrected chi connectivity index (χ1v) is 13.0. The molecule has 12 heteroatoms. The average Bonchev–Trinajstić information content (AvgIpc) is 3.66. The molecule has 1 aromatic carbocycles. The second kappa shape index (κ2) is 11.2. The van der Waals surface area contributed by atoms with Gasteiger partial charge in [-0.1, -0.05) is 29.8 Å². The number of carbonyl (C=O) groups is 1. The Labute approximate surface area is 230 Å². The Morgan fingerprint density at radius 2 is 1.84 bits per heavy atom. The summed E-state index contributed by atoms with van der Waals surface area (Å²) < 4.78 is 16.4. The van der Waals surface area contributed by atoms with Crippen LogP contribution in [0.15, 0.2) is 31.0 Å². The van der Waals surface area contributed by atoms with Gasteiger partial charge in [0.05, 0.1) is 55.3 Å². The van der Waals surface area contributed by atoms with Crippen LogP contribution in [0.3, 0.4) is 0 Å². The van der Waals surface area contributed by atoms with E-state index in [1.165, 1.54) is 33.1 Å². The molecule has 2 atom stereocenters. The van der Waals surface area contributed by atoms with Gasteiger partial charge in [-0.05, 0) is 30.9 Å². The van der Waals surface area contributed by atoms with E-state index in [4.69, 9.17) is 47.4 Å². The van der Waals surface area contributed by atoms with E-state index in [0.29, 0.717) is 69.2 Å². The van der Waals surface area contributed by atoms with Gasteiger partial charge < -0.3 is 30.2 Å². The fraction of sp³-hybridized carbons (Fsp3) is 0.385. The second-order valence-corrected chi connectivity index (χ2v) is 9.96. The molecule has 2 aromatic heterocycles. The SMILES string of the molecule is C=CC(=O)N[C@@H]1COC[C@@H]1Nc1ncc2cc(-c3c(Cl)c(OC)cc(OC)c3Cl)nc(NCC3CC3)c2n1. The number of methoxy groups -OCH3 is 2. The van der Waals surface area contributed by atoms with Crippen molar-refractivity contribution in [2.24, 2.45) is 5.92 Å². The van der Waals surface area contributed by atoms with Crippen molar-refractivity contribution >= 4 is 51.8 Å². The highest BCUT2D eigenvalue weighted by molar-refractivity contribution is 6.41. The largest absolute Gasteiger partial charge is 0.495 e. The minimum Gasteiger partial charge on any atom is -0.495 e. The summed E-state index contributed by atoms with van der Waals surface area (Å²) >= 11 is 13.4. The van der Waals surface area contributed by atoms with Gasteiger partial charge in [-0.2, -0.15) is 0 Å². The molecule has 3 heterocycles. The van der Waals surface area contributed by atoms with E-state index in [-0.39, 0.29) is 18.0 Å². The van der Waals surface area contributed by atoms with Gasteiger partial charge >= 0.3 is 0 Å². The lowest BCUT2D eigenvalue weighted by Gasteiger charge is -2.20. The van der Waals surface area contributed by atoms with E-state index in [1.54, 1.807) is 12.3 Å². The van der Waals surface area contributed by atoms with Crippen LogP contribution in [0.25, 0.3) is 22.2 Å². The number of aromatic nitrogens is 3. The maximum absolute atomic E-state index is 11.8. The van der Waals surface area contributed by atoms with Gasteiger partial charge in [0.15, 0.2) is 5.82 Å². The van der Waals surface area contributed by atoms with Gasteiger partial charge in [0.1, 0.15) is 17.0 Å². The molecule has 0 radical (unpaired) electrons. The Bertz CT molecular complexity index is 1360. The third-order valence-electron chi connectivity index (χ3n) is 6.56. The van der Waals surface area contributed by atoms with Crippen molar-refractivity contribution in [2.75, 3.05) is 44.6 Å². The minimum atomic E-state index is -0.262. The number of amides is 1. The van der Waals surface area contributed by atoms with Gasteiger partial charge in [-0.3, -0.25) is 4.79 Å². The lowest BCUT2D eigenvalue weighted by atomic mass is 10.1. The zero-order valence-electron chi connectivity index (χ0n) is 21.0. The number of fused-ring (bicyclic) bond motifs is 1. The van der Waals surface area contributed by atoms with Crippen molar-refractivity contribution in [1.82, 2.24) is 20.3 Å². The van der Waals surface area contributed by atoms with Crippen molar-refractivity contribution in [1.29, 1.82) is 0 Å². The standard InChI is InChI=1S/C26H28Cl2N6O4/c1-4-20(35)31-16-11-38-12-17(16)33-26-30-10-14-7-15(32-25(24(14)34-26)29-9-13-5-6-13)21-22(27)18(36-2)8-19(37-3)23(21)28/h4,7-8,10,13,16-17H,1,5-6,9,11-12H2,2-3H3,(H,29,32)(H,31,35)(H,30,33,34)/t16-,17+/m1/s1. The molecular formula is C26H28Cl2N6O4. The number of anilines is 2. The molecule has 1 aliphatic carbocycles. The first-order valence-electron chi connectivity index (χ1n) is 12.2. The molecule has 1 aliphatic heterocycles. The third-order valence-corrected chi connectivity index (χ3v) is 7.31. The molecule has 38 heavy (non-hydrogen) atoms. The van der Waals surface area contributed by atoms with Crippen LogP contribution in [0.4, 0.5) is 11.8 Å². The monoisotopic (exact) mass is 558 g/mol. The molecule has 0 spiro atoms. The lowest BCUT2D eigenvalue weighted by Crippen LogP contribution is -2.45. The summed E-state index contributed by atoms with van der Waals surface area (Å²) in [5.41, 5.74) is 1.66. The quantitative estimate of drug-likeness (QED) is 0.312. The predicted octanol–water partition coefficient (Wildman–Crippen LogP) is 4.32. The highest BCUT2D eigenvalue weighted by Gasteiger charge is 2.30. The van der Waals surface area contributed by atoms with Crippen molar-refractivity contribution in [3.63, 3.8) is 0 Å². The predicted molar refractivity (Wildman–Crippen MR) is 147 cm³/mol. The van der Waals surface area contributed by atoms with E-state index in [1.807, 2.05) is 6.07 Å². The van der Waals surface area contributed by atoms with Gasteiger partial charge in [0.25, 0.3) is 0 Å². The molecule has 0 bridgehead atoms. The number of rotatable bonds is 10. The van der Waals surface area contributed by atoms with Crippen LogP contribution in [0.2, 0.25) is 10.0 Å². The third kappa shape index (κ3) is 5.43. The molecule has 1 amide bonds. The molecule has 2 aliphatic rings. The Morgan fingerprint density at radius 1 is 1.13 bits per heavy atom. The van der Waals surface area contributed by atoms with E-state index >= 15 is 0 Å². The molecule has 0 unspecified atom stereocenters. The summed E-state index contributed by atoms with van der Waals surface area (Å²) in [6, 6.07) is 3.03. The number of halogens is 2. The zero-order valence-corrected chi connectivity index (χ0v) is 22.5. The number of pyridine rings is 1. The Morgan fingerprint density at radius 3 is 2.50 bits per heavy atom. The van der Waals surface area contributed by atoms with Crippen LogP contribution in [0, 0.1) is 5.92 Å². The molecule has 5 rings (SSSR count). The molecule has 3 aromatic rings. The first-order chi connectivity index (χ1) is 18.4. The molecule has 3 N–H and O–H groups in total. The molecular weight excluding hydrogens is 531 g/mol. The van der Waals surface area contributed by atoms with Crippen molar-refractivity contribution in [3.05, 3.63) is 41.0 Å². The average molecular weight is 559 g/mol. The van der Waals surface area contributed by atoms with E-state index in [2.05, 4.69) is 27.5 Å². The number of nitrogens with zero attached hydrogens (tertiary/aromatic N) is 3. The maximum Gasteiger partial charge on any atom is 0.243 e. The highest BCUT2D eigenvalue weighted by Crippen LogP contribution is 2.46. The first kappa shape index (κ1) is 26.3. The van der Waals surface area contributed by atoms with Crippen LogP contribution in [-0.2, 0) is 9.53 Å². The smallest absolute Gasteiger partial charge is 0.243 e. The summed E-state index contributed by atoms with van der Waals surface area (Å²) in [5, 5.41) is 11.0. The number of benzene rings is 1. The summed E-state index contributed by atoms with van der Waals surface area (Å²) in [6.45, 7) is 5.07. The zero-order chi connectivity index (χ0) is 26.8. The normalized spacial score (nSPS) is 18.7. The Balaban J connectivity index is 1.54. The second-order valence-electron chi connectivity index (χ2n) is 9.20. The summed E-state index contributed by atoms with van der Waals surface area (Å²) in [7, 11) is 3.06. The number of hydrogen-bond donors (Lipinski definition) is 3. The Hall–Kier alpha value is -3.34. The van der Waals surface area contributed by atoms with Crippen molar-refractivity contribution < 1.29 is 19.0 Å². The minimum absolute atomic E-state index is 0.201. The van der Waals surface area contributed by atoms with Crippen LogP contribution in [0.1, 0.15) is 12.8 Å².